The molecule has 30 heavy (non-hydrogen) atoms. The maximum Gasteiger partial charge on any atom is 0.267 e. The number of amides is 3. The van der Waals surface area contributed by atoms with Crippen LogP contribution in [0.4, 0.5) is 5.69 Å². The van der Waals surface area contributed by atoms with Crippen LogP contribution in [0.2, 0.25) is 5.02 Å². The highest BCUT2D eigenvalue weighted by Gasteiger charge is 2.51. The van der Waals surface area contributed by atoms with Gasteiger partial charge in [0.25, 0.3) is 5.91 Å². The van der Waals surface area contributed by atoms with E-state index in [1.54, 1.807) is 0 Å². The molecule has 2 aliphatic rings. The van der Waals surface area contributed by atoms with Gasteiger partial charge in [0.15, 0.2) is 0 Å². The molecule has 0 unspecified atom stereocenters. The van der Waals surface area contributed by atoms with Gasteiger partial charge >= 0.3 is 0 Å². The van der Waals surface area contributed by atoms with Crippen LogP contribution in [0.1, 0.15) is 24.8 Å². The third kappa shape index (κ3) is 5.17. The molecule has 1 aromatic carbocycles. The zero-order valence-electron chi connectivity index (χ0n) is 16.0. The number of halogens is 3. The lowest BCUT2D eigenvalue weighted by Gasteiger charge is -2.24. The van der Waals surface area contributed by atoms with Crippen LogP contribution in [0.25, 0.3) is 0 Å². The summed E-state index contributed by atoms with van der Waals surface area (Å²) in [4.78, 5) is 38.2. The minimum Gasteiger partial charge on any atom is -0.376 e. The summed E-state index contributed by atoms with van der Waals surface area (Å²) in [6.07, 6.45) is 1.93. The zero-order valence-corrected chi connectivity index (χ0v) is 18.3. The van der Waals surface area contributed by atoms with E-state index in [4.69, 9.17) is 45.9 Å². The largest absolute Gasteiger partial charge is 0.376 e. The van der Waals surface area contributed by atoms with Crippen molar-refractivity contribution in [1.82, 2.24) is 10.2 Å². The Kier molecular flexibility index (Phi) is 6.79. The van der Waals surface area contributed by atoms with E-state index in [2.05, 4.69) is 10.6 Å². The average Bonchev–Trinajstić information content (AvgIpc) is 3.06. The lowest BCUT2D eigenvalue weighted by atomic mass is 10.1. The molecule has 11 heteroatoms. The van der Waals surface area contributed by atoms with Gasteiger partial charge in [-0.2, -0.15) is 0 Å². The normalized spacial score (nSPS) is 21.8. The van der Waals surface area contributed by atoms with Crippen molar-refractivity contribution in [2.45, 2.75) is 29.6 Å². The van der Waals surface area contributed by atoms with Crippen LogP contribution in [0, 0.1) is 11.3 Å². The van der Waals surface area contributed by atoms with Crippen LogP contribution in [0.3, 0.4) is 0 Å². The number of carbonyl (C=O) groups excluding carboxylic acids is 3. The summed E-state index contributed by atoms with van der Waals surface area (Å²) in [7, 11) is 0. The molecule has 1 aliphatic heterocycles. The molecule has 1 aromatic rings. The monoisotopic (exact) mass is 473 g/mol. The zero-order chi connectivity index (χ0) is 22.1. The third-order valence-corrected chi connectivity index (χ3v) is 6.44. The molecule has 3 rings (SSSR count). The van der Waals surface area contributed by atoms with E-state index >= 15 is 0 Å². The Morgan fingerprint density at radius 3 is 2.63 bits per heavy atom. The summed E-state index contributed by atoms with van der Waals surface area (Å²) in [6, 6.07) is 3.97. The van der Waals surface area contributed by atoms with Gasteiger partial charge in [-0.3, -0.25) is 19.8 Å². The summed E-state index contributed by atoms with van der Waals surface area (Å²) in [5.74, 6) is -1.37. The standard InChI is InChI=1S/C19H22Cl3N5O3/c20-11-3-4-12(16(23)17(24)29)13(6-11)25-9-15(28)27-5-1-2-14(27)18(30)26-8-10-7-19(10,21)22/h3-4,6,10,14,23,25H,1-2,5,7-9H2,(H2,24,29)(H,26,30)/t10-,14+/m1/s1. The van der Waals surface area contributed by atoms with E-state index < -0.39 is 22.0 Å². The van der Waals surface area contributed by atoms with Crippen LogP contribution in [0.5, 0.6) is 0 Å². The van der Waals surface area contributed by atoms with Gasteiger partial charge in [0.05, 0.1) is 6.54 Å². The fourth-order valence-corrected chi connectivity index (χ4v) is 4.16. The van der Waals surface area contributed by atoms with Crippen molar-refractivity contribution >= 4 is 63.9 Å². The molecule has 162 valence electrons. The Balaban J connectivity index is 1.60. The number of carbonyl (C=O) groups is 3. The van der Waals surface area contributed by atoms with Crippen molar-refractivity contribution in [2.24, 2.45) is 11.7 Å². The number of nitrogens with two attached hydrogens (primary N) is 1. The van der Waals surface area contributed by atoms with Gasteiger partial charge in [-0.15, -0.1) is 23.2 Å². The Morgan fingerprint density at radius 1 is 1.30 bits per heavy atom. The summed E-state index contributed by atoms with van der Waals surface area (Å²) < 4.78 is -0.768. The smallest absolute Gasteiger partial charge is 0.267 e. The van der Waals surface area contributed by atoms with Crippen LogP contribution < -0.4 is 16.4 Å². The van der Waals surface area contributed by atoms with Gasteiger partial charge in [0.1, 0.15) is 16.1 Å². The number of nitrogens with zero attached hydrogens (tertiary/aromatic N) is 1. The number of benzene rings is 1. The molecule has 1 aliphatic carbocycles. The summed E-state index contributed by atoms with van der Waals surface area (Å²) in [6.45, 7) is 0.721. The second kappa shape index (κ2) is 8.99. The number of nitrogens with one attached hydrogen (secondary N) is 3. The second-order valence-corrected chi connectivity index (χ2v) is 9.41. The first kappa shape index (κ1) is 22.7. The highest BCUT2D eigenvalue weighted by atomic mass is 35.5. The first-order valence-corrected chi connectivity index (χ1v) is 10.6. The minimum absolute atomic E-state index is 0.0267. The molecule has 0 bridgehead atoms. The van der Waals surface area contributed by atoms with E-state index in [-0.39, 0.29) is 29.8 Å². The Labute approximate surface area is 188 Å². The van der Waals surface area contributed by atoms with E-state index in [0.29, 0.717) is 36.6 Å². The molecule has 0 spiro atoms. The lowest BCUT2D eigenvalue weighted by Crippen LogP contribution is -2.48. The van der Waals surface area contributed by atoms with Gasteiger partial charge in [-0.05, 0) is 37.5 Å². The molecule has 0 radical (unpaired) electrons. The number of hydrogen-bond donors (Lipinski definition) is 4. The quantitative estimate of drug-likeness (QED) is 0.339. The van der Waals surface area contributed by atoms with Crippen molar-refractivity contribution in [3.8, 4) is 0 Å². The number of alkyl halides is 2. The maximum atomic E-state index is 12.7. The first-order chi connectivity index (χ1) is 14.1. The molecule has 2 fully saturated rings. The average molecular weight is 475 g/mol. The van der Waals surface area contributed by atoms with Crippen LogP contribution in [-0.2, 0) is 14.4 Å². The predicted molar refractivity (Wildman–Crippen MR) is 116 cm³/mol. The van der Waals surface area contributed by atoms with Crippen molar-refractivity contribution in [2.75, 3.05) is 25.0 Å². The first-order valence-electron chi connectivity index (χ1n) is 9.47. The Bertz CT molecular complexity index is 892. The highest BCUT2D eigenvalue weighted by molar-refractivity contribution is 6.50. The third-order valence-electron chi connectivity index (χ3n) is 5.28. The van der Waals surface area contributed by atoms with Gasteiger partial charge in [-0.25, -0.2) is 0 Å². The fourth-order valence-electron chi connectivity index (χ4n) is 3.46. The fraction of sp³-hybridized carbons (Fsp3) is 0.474. The molecule has 1 heterocycles. The number of anilines is 1. The van der Waals surface area contributed by atoms with Gasteiger partial charge in [0, 0.05) is 35.3 Å². The van der Waals surface area contributed by atoms with Crippen LogP contribution in [0.15, 0.2) is 18.2 Å². The SMILES string of the molecule is N=C(C(N)=O)c1ccc(Cl)cc1NCC(=O)N1CCC[C@H]1C(=O)NC[C@H]1CC1(Cl)Cl. The van der Waals surface area contributed by atoms with E-state index in [9.17, 15) is 14.4 Å². The molecule has 2 atom stereocenters. The van der Waals surface area contributed by atoms with Gasteiger partial charge < -0.3 is 21.3 Å². The number of hydrogen-bond acceptors (Lipinski definition) is 5. The molecule has 1 saturated heterocycles. The molecular weight excluding hydrogens is 453 g/mol. The molecular formula is C19H22Cl3N5O3. The van der Waals surface area contributed by atoms with Crippen molar-refractivity contribution in [1.29, 1.82) is 5.41 Å². The van der Waals surface area contributed by atoms with E-state index in [1.807, 2.05) is 0 Å². The summed E-state index contributed by atoms with van der Waals surface area (Å²) in [5.41, 5.74) is 5.38. The number of likely N-dealkylation sites (tertiary alicyclic amines) is 1. The Hall–Kier alpha value is -2.03. The summed E-state index contributed by atoms with van der Waals surface area (Å²) >= 11 is 18.0. The molecule has 5 N–H and O–H groups in total. The van der Waals surface area contributed by atoms with Gasteiger partial charge in [0.2, 0.25) is 11.8 Å². The topological polar surface area (TPSA) is 128 Å². The molecule has 1 saturated carbocycles. The summed E-state index contributed by atoms with van der Waals surface area (Å²) in [5, 5.41) is 13.9. The molecule has 0 aromatic heterocycles. The van der Waals surface area contributed by atoms with Crippen LogP contribution in [-0.4, -0.2) is 58.3 Å². The van der Waals surface area contributed by atoms with Crippen molar-refractivity contribution < 1.29 is 14.4 Å². The minimum atomic E-state index is -0.892. The Morgan fingerprint density at radius 2 is 2.00 bits per heavy atom. The van der Waals surface area contributed by atoms with E-state index in [0.717, 1.165) is 6.42 Å². The second-order valence-electron chi connectivity index (χ2n) is 7.44. The maximum absolute atomic E-state index is 12.7. The predicted octanol–water partition coefficient (Wildman–Crippen LogP) is 1.91. The highest BCUT2D eigenvalue weighted by Crippen LogP contribution is 2.52. The van der Waals surface area contributed by atoms with E-state index in [1.165, 1.54) is 23.1 Å². The van der Waals surface area contributed by atoms with Crippen LogP contribution >= 0.6 is 34.8 Å². The van der Waals surface area contributed by atoms with Crippen molar-refractivity contribution in [3.05, 3.63) is 28.8 Å². The number of primary amides is 1. The molecule has 3 amide bonds. The van der Waals surface area contributed by atoms with Gasteiger partial charge in [-0.1, -0.05) is 11.6 Å². The lowest BCUT2D eigenvalue weighted by molar-refractivity contribution is -0.137. The number of rotatable bonds is 8. The van der Waals surface area contributed by atoms with Crippen molar-refractivity contribution in [3.63, 3.8) is 0 Å². The molecule has 8 nitrogen and oxygen atoms in total.